The van der Waals surface area contributed by atoms with Gasteiger partial charge in [0.1, 0.15) is 17.6 Å². The number of anilines is 1. The zero-order valence-electron chi connectivity index (χ0n) is 14.1. The molecule has 6 nitrogen and oxygen atoms in total. The molecule has 0 aromatic heterocycles. The number of amides is 2. The second-order valence-electron chi connectivity index (χ2n) is 5.44. The van der Waals surface area contributed by atoms with Crippen molar-refractivity contribution in [2.75, 3.05) is 18.5 Å². The molecule has 2 aromatic rings. The van der Waals surface area contributed by atoms with Crippen molar-refractivity contribution < 1.29 is 31.9 Å². The van der Waals surface area contributed by atoms with Crippen molar-refractivity contribution in [2.45, 2.75) is 6.18 Å². The van der Waals surface area contributed by atoms with E-state index >= 15 is 0 Å². The van der Waals surface area contributed by atoms with Crippen molar-refractivity contribution in [1.82, 2.24) is 5.32 Å². The van der Waals surface area contributed by atoms with Crippen LogP contribution in [0, 0.1) is 17.1 Å². The molecule has 28 heavy (non-hydrogen) atoms. The Kier molecular flexibility index (Phi) is 6.55. The Morgan fingerprint density at radius 3 is 2.50 bits per heavy atom. The number of hydrogen-bond acceptors (Lipinski definition) is 4. The molecule has 0 radical (unpaired) electrons. The summed E-state index contributed by atoms with van der Waals surface area (Å²) in [6.45, 7) is -2.04. The fourth-order valence-corrected chi connectivity index (χ4v) is 2.09. The molecule has 0 saturated carbocycles. The molecule has 0 aliphatic rings. The van der Waals surface area contributed by atoms with Gasteiger partial charge in [-0.3, -0.25) is 9.59 Å². The summed E-state index contributed by atoms with van der Waals surface area (Å²) in [5, 5.41) is 13.6. The van der Waals surface area contributed by atoms with Crippen molar-refractivity contribution in [3.8, 4) is 11.8 Å². The van der Waals surface area contributed by atoms with Crippen LogP contribution >= 0.6 is 0 Å². The number of halogens is 4. The van der Waals surface area contributed by atoms with E-state index in [1.54, 1.807) is 6.07 Å². The summed E-state index contributed by atoms with van der Waals surface area (Å²) in [4.78, 5) is 23.7. The lowest BCUT2D eigenvalue weighted by Gasteiger charge is -2.12. The summed E-state index contributed by atoms with van der Waals surface area (Å²) in [5.41, 5.74) is -0.327. The molecule has 0 aliphatic carbocycles. The highest BCUT2D eigenvalue weighted by atomic mass is 19.4. The smallest absolute Gasteiger partial charge is 0.422 e. The number of ether oxygens (including phenoxy) is 1. The molecule has 2 aromatic carbocycles. The summed E-state index contributed by atoms with van der Waals surface area (Å²) >= 11 is 0. The van der Waals surface area contributed by atoms with E-state index in [9.17, 15) is 27.2 Å². The van der Waals surface area contributed by atoms with Crippen molar-refractivity contribution in [1.29, 1.82) is 5.26 Å². The Morgan fingerprint density at radius 2 is 1.86 bits per heavy atom. The predicted molar refractivity (Wildman–Crippen MR) is 90.1 cm³/mol. The van der Waals surface area contributed by atoms with E-state index in [1.165, 1.54) is 24.3 Å². The number of hydrogen-bond donors (Lipinski definition) is 2. The average Bonchev–Trinajstić information content (AvgIpc) is 2.64. The zero-order chi connectivity index (χ0) is 20.7. The van der Waals surface area contributed by atoms with E-state index in [2.05, 4.69) is 15.4 Å². The van der Waals surface area contributed by atoms with Crippen LogP contribution in [0.15, 0.2) is 42.5 Å². The van der Waals surface area contributed by atoms with Crippen LogP contribution in [0.1, 0.15) is 15.9 Å². The van der Waals surface area contributed by atoms with Gasteiger partial charge in [-0.05, 0) is 30.3 Å². The van der Waals surface area contributed by atoms with Crippen LogP contribution < -0.4 is 15.4 Å². The number of nitrogens with one attached hydrogen (secondary N) is 2. The first-order valence-corrected chi connectivity index (χ1v) is 7.76. The molecule has 0 heterocycles. The third kappa shape index (κ3) is 5.98. The highest BCUT2D eigenvalue weighted by Crippen LogP contribution is 2.24. The summed E-state index contributed by atoms with van der Waals surface area (Å²) in [6, 6.07) is 10.4. The summed E-state index contributed by atoms with van der Waals surface area (Å²) in [6.07, 6.45) is -4.56. The van der Waals surface area contributed by atoms with Crippen LogP contribution in [0.2, 0.25) is 0 Å². The van der Waals surface area contributed by atoms with Gasteiger partial charge in [0.15, 0.2) is 6.61 Å². The first-order chi connectivity index (χ1) is 13.2. The number of benzene rings is 2. The maximum atomic E-state index is 13.5. The largest absolute Gasteiger partial charge is 0.483 e. The predicted octanol–water partition coefficient (Wildman–Crippen LogP) is 3.01. The van der Waals surface area contributed by atoms with Gasteiger partial charge in [-0.15, -0.1) is 0 Å². The van der Waals surface area contributed by atoms with E-state index in [4.69, 9.17) is 5.26 Å². The fraction of sp³-hybridized carbons (Fsp3) is 0.167. The first-order valence-electron chi connectivity index (χ1n) is 7.76. The molecule has 0 atom stereocenters. The molecular weight excluding hydrogens is 382 g/mol. The molecule has 10 heteroatoms. The second kappa shape index (κ2) is 8.85. The monoisotopic (exact) mass is 395 g/mol. The van der Waals surface area contributed by atoms with Crippen molar-refractivity contribution >= 4 is 17.5 Å². The van der Waals surface area contributed by atoms with Gasteiger partial charge < -0.3 is 15.4 Å². The number of rotatable bonds is 6. The lowest BCUT2D eigenvalue weighted by Crippen LogP contribution is -2.33. The molecule has 0 saturated heterocycles. The molecule has 2 rings (SSSR count). The quantitative estimate of drug-likeness (QED) is 0.736. The Labute approximate surface area is 156 Å². The lowest BCUT2D eigenvalue weighted by molar-refractivity contribution is -0.153. The molecule has 2 amide bonds. The number of nitrogens with zero attached hydrogens (tertiary/aromatic N) is 1. The minimum absolute atomic E-state index is 0.112. The van der Waals surface area contributed by atoms with E-state index in [1.807, 2.05) is 0 Å². The minimum Gasteiger partial charge on any atom is -0.483 e. The molecule has 0 aliphatic heterocycles. The number of carbonyl (C=O) groups excluding carboxylic acids is 2. The molecule has 0 fully saturated rings. The molecule has 146 valence electrons. The van der Waals surface area contributed by atoms with Crippen LogP contribution in [0.25, 0.3) is 0 Å². The van der Waals surface area contributed by atoms with Gasteiger partial charge >= 0.3 is 6.18 Å². The molecule has 0 unspecified atom stereocenters. The van der Waals surface area contributed by atoms with Gasteiger partial charge in [0.25, 0.3) is 5.91 Å². The Morgan fingerprint density at radius 1 is 1.14 bits per heavy atom. The van der Waals surface area contributed by atoms with Crippen LogP contribution in [0.3, 0.4) is 0 Å². The van der Waals surface area contributed by atoms with Crippen LogP contribution in [-0.4, -0.2) is 31.1 Å². The topological polar surface area (TPSA) is 91.2 Å². The maximum absolute atomic E-state index is 13.5. The van der Waals surface area contributed by atoms with E-state index < -0.39 is 37.0 Å². The highest BCUT2D eigenvalue weighted by Gasteiger charge is 2.28. The Hall–Kier alpha value is -3.61. The van der Waals surface area contributed by atoms with Crippen LogP contribution in [-0.2, 0) is 4.79 Å². The van der Waals surface area contributed by atoms with Gasteiger partial charge in [-0.25, -0.2) is 4.39 Å². The average molecular weight is 395 g/mol. The van der Waals surface area contributed by atoms with Gasteiger partial charge in [0, 0.05) is 5.69 Å². The van der Waals surface area contributed by atoms with E-state index in [0.717, 1.165) is 18.2 Å². The Bertz CT molecular complexity index is 923. The van der Waals surface area contributed by atoms with Gasteiger partial charge in [0.05, 0.1) is 17.7 Å². The molecule has 2 N–H and O–H groups in total. The Balaban J connectivity index is 1.95. The maximum Gasteiger partial charge on any atom is 0.422 e. The van der Waals surface area contributed by atoms with Gasteiger partial charge in [-0.1, -0.05) is 12.1 Å². The third-order valence-corrected chi connectivity index (χ3v) is 3.30. The number of alkyl halides is 3. The minimum atomic E-state index is -4.56. The SMILES string of the molecule is N#Cc1cc(NC(=O)CNC(=O)c2ccccc2F)ccc1OCC(F)(F)F. The summed E-state index contributed by atoms with van der Waals surface area (Å²) in [5.74, 6) is -2.50. The molecule has 0 bridgehead atoms. The van der Waals surface area contributed by atoms with E-state index in [-0.39, 0.29) is 22.6 Å². The fourth-order valence-electron chi connectivity index (χ4n) is 2.09. The molecular formula is C18H13F4N3O3. The van der Waals surface area contributed by atoms with Crippen LogP contribution in [0.4, 0.5) is 23.2 Å². The van der Waals surface area contributed by atoms with Crippen molar-refractivity contribution in [3.05, 3.63) is 59.4 Å². The summed E-state index contributed by atoms with van der Waals surface area (Å²) in [7, 11) is 0. The molecule has 0 spiro atoms. The standard InChI is InChI=1S/C18H13F4N3O3/c19-14-4-2-1-3-13(14)17(27)24-9-16(26)25-12-5-6-15(11(7-12)8-23)28-10-18(20,21)22/h1-7H,9-10H2,(H,24,27)(H,25,26). The van der Waals surface area contributed by atoms with Gasteiger partial charge in [-0.2, -0.15) is 18.4 Å². The number of carbonyl (C=O) groups is 2. The van der Waals surface area contributed by atoms with Gasteiger partial charge in [0.2, 0.25) is 5.91 Å². The normalized spacial score (nSPS) is 10.7. The lowest BCUT2D eigenvalue weighted by atomic mass is 10.2. The third-order valence-electron chi connectivity index (χ3n) is 3.30. The summed E-state index contributed by atoms with van der Waals surface area (Å²) < 4.78 is 54.6. The highest BCUT2D eigenvalue weighted by molar-refractivity contribution is 5.99. The first kappa shape index (κ1) is 20.7. The van der Waals surface area contributed by atoms with Crippen LogP contribution in [0.5, 0.6) is 5.75 Å². The van der Waals surface area contributed by atoms with Crippen molar-refractivity contribution in [3.63, 3.8) is 0 Å². The van der Waals surface area contributed by atoms with Crippen molar-refractivity contribution in [2.24, 2.45) is 0 Å². The van der Waals surface area contributed by atoms with E-state index in [0.29, 0.717) is 0 Å². The zero-order valence-corrected chi connectivity index (χ0v) is 14.1. The number of nitriles is 1. The second-order valence-corrected chi connectivity index (χ2v) is 5.44.